The summed E-state index contributed by atoms with van der Waals surface area (Å²) in [5.74, 6) is 0.914. The monoisotopic (exact) mass is 234 g/mol. The first kappa shape index (κ1) is 12.4. The molecule has 1 fully saturated rings. The predicted molar refractivity (Wildman–Crippen MR) is 69.4 cm³/mol. The fraction of sp³-hybridized carbons (Fsp3) is 0.600. The van der Waals surface area contributed by atoms with Crippen LogP contribution >= 0.6 is 0 Å². The number of aliphatic hydroxyl groups is 1. The van der Waals surface area contributed by atoms with Crippen molar-refractivity contribution in [3.05, 3.63) is 29.8 Å². The van der Waals surface area contributed by atoms with Crippen LogP contribution in [-0.4, -0.2) is 17.3 Å². The van der Waals surface area contributed by atoms with Crippen LogP contribution in [0.1, 0.15) is 45.6 Å². The Morgan fingerprint density at radius 3 is 2.24 bits per heavy atom. The number of rotatable bonds is 2. The van der Waals surface area contributed by atoms with Gasteiger partial charge in [-0.1, -0.05) is 32.9 Å². The van der Waals surface area contributed by atoms with E-state index in [0.29, 0.717) is 0 Å². The van der Waals surface area contributed by atoms with Gasteiger partial charge in [0.15, 0.2) is 0 Å². The molecule has 0 bridgehead atoms. The van der Waals surface area contributed by atoms with Crippen molar-refractivity contribution in [2.45, 2.75) is 57.7 Å². The third kappa shape index (κ3) is 3.22. The minimum absolute atomic E-state index is 0.172. The van der Waals surface area contributed by atoms with E-state index >= 15 is 0 Å². The lowest BCUT2D eigenvalue weighted by Gasteiger charge is -2.20. The van der Waals surface area contributed by atoms with Gasteiger partial charge in [0.25, 0.3) is 0 Å². The number of hydrogen-bond donors (Lipinski definition) is 1. The summed E-state index contributed by atoms with van der Waals surface area (Å²) in [4.78, 5) is 0. The molecule has 0 aliphatic heterocycles. The van der Waals surface area contributed by atoms with Crippen LogP contribution in [0.15, 0.2) is 24.3 Å². The standard InChI is InChI=1S/C15H22O2/c1-15(2,3)11-4-7-13(8-5-11)17-14-9-6-12(16)10-14/h4-5,7-8,12,14,16H,6,9-10H2,1-3H3. The molecular weight excluding hydrogens is 212 g/mol. The minimum atomic E-state index is -0.172. The van der Waals surface area contributed by atoms with Gasteiger partial charge in [0.2, 0.25) is 0 Å². The first-order valence-electron chi connectivity index (χ1n) is 6.40. The first-order valence-corrected chi connectivity index (χ1v) is 6.40. The molecule has 1 N–H and O–H groups in total. The van der Waals surface area contributed by atoms with Crippen LogP contribution in [-0.2, 0) is 5.41 Å². The molecule has 1 aliphatic carbocycles. The van der Waals surface area contributed by atoms with Gasteiger partial charge in [-0.3, -0.25) is 0 Å². The van der Waals surface area contributed by atoms with E-state index in [1.807, 2.05) is 12.1 Å². The lowest BCUT2D eigenvalue weighted by atomic mass is 9.87. The molecule has 1 aromatic carbocycles. The van der Waals surface area contributed by atoms with Crippen molar-refractivity contribution in [1.29, 1.82) is 0 Å². The first-order chi connectivity index (χ1) is 7.95. The molecule has 0 aromatic heterocycles. The lowest BCUT2D eigenvalue weighted by molar-refractivity contribution is 0.150. The molecule has 0 radical (unpaired) electrons. The van der Waals surface area contributed by atoms with Crippen molar-refractivity contribution in [2.24, 2.45) is 0 Å². The third-order valence-corrected chi connectivity index (χ3v) is 3.38. The van der Waals surface area contributed by atoms with Crippen LogP contribution in [0, 0.1) is 0 Å². The second-order valence-corrected chi connectivity index (χ2v) is 5.98. The molecule has 1 aromatic rings. The van der Waals surface area contributed by atoms with Gasteiger partial charge in [0, 0.05) is 6.42 Å². The van der Waals surface area contributed by atoms with Crippen molar-refractivity contribution in [1.82, 2.24) is 0 Å². The Balaban J connectivity index is 1.99. The van der Waals surface area contributed by atoms with Crippen LogP contribution in [0.3, 0.4) is 0 Å². The van der Waals surface area contributed by atoms with Crippen LogP contribution in [0.2, 0.25) is 0 Å². The maximum absolute atomic E-state index is 9.45. The summed E-state index contributed by atoms with van der Waals surface area (Å²) in [6, 6.07) is 8.32. The summed E-state index contributed by atoms with van der Waals surface area (Å²) in [6.07, 6.45) is 2.60. The average Bonchev–Trinajstić information content (AvgIpc) is 2.63. The Labute approximate surface area is 104 Å². The molecule has 2 heteroatoms. The summed E-state index contributed by atoms with van der Waals surface area (Å²) in [5.41, 5.74) is 1.50. The van der Waals surface area contributed by atoms with Crippen LogP contribution < -0.4 is 4.74 Å². The van der Waals surface area contributed by atoms with Gasteiger partial charge >= 0.3 is 0 Å². The predicted octanol–water partition coefficient (Wildman–Crippen LogP) is 3.28. The molecule has 94 valence electrons. The number of hydrogen-bond acceptors (Lipinski definition) is 2. The van der Waals surface area contributed by atoms with Gasteiger partial charge < -0.3 is 9.84 Å². The molecule has 1 saturated carbocycles. The van der Waals surface area contributed by atoms with Gasteiger partial charge in [-0.2, -0.15) is 0 Å². The molecule has 2 atom stereocenters. The highest BCUT2D eigenvalue weighted by Crippen LogP contribution is 2.27. The topological polar surface area (TPSA) is 29.5 Å². The van der Waals surface area contributed by atoms with Crippen molar-refractivity contribution in [3.63, 3.8) is 0 Å². The smallest absolute Gasteiger partial charge is 0.119 e. The van der Waals surface area contributed by atoms with E-state index < -0.39 is 0 Å². The number of benzene rings is 1. The molecule has 2 nitrogen and oxygen atoms in total. The van der Waals surface area contributed by atoms with Crippen molar-refractivity contribution >= 4 is 0 Å². The van der Waals surface area contributed by atoms with Crippen molar-refractivity contribution in [2.75, 3.05) is 0 Å². The van der Waals surface area contributed by atoms with E-state index in [9.17, 15) is 5.11 Å². The second-order valence-electron chi connectivity index (χ2n) is 5.98. The summed E-state index contributed by atoms with van der Waals surface area (Å²) in [6.45, 7) is 6.61. The summed E-state index contributed by atoms with van der Waals surface area (Å²) in [5, 5.41) is 9.45. The molecule has 0 amide bonds. The van der Waals surface area contributed by atoms with E-state index in [0.717, 1.165) is 25.0 Å². The molecule has 2 rings (SSSR count). The fourth-order valence-electron chi connectivity index (χ4n) is 2.25. The summed E-state index contributed by atoms with van der Waals surface area (Å²) < 4.78 is 5.85. The molecular formula is C15H22O2. The summed E-state index contributed by atoms with van der Waals surface area (Å²) in [7, 11) is 0. The lowest BCUT2D eigenvalue weighted by Crippen LogP contribution is -2.14. The second kappa shape index (κ2) is 4.69. The SMILES string of the molecule is CC(C)(C)c1ccc(OC2CCC(O)C2)cc1. The van der Waals surface area contributed by atoms with Gasteiger partial charge in [-0.05, 0) is 36.0 Å². The normalized spacial score (nSPS) is 24.9. The van der Waals surface area contributed by atoms with E-state index in [-0.39, 0.29) is 17.6 Å². The van der Waals surface area contributed by atoms with Gasteiger partial charge in [-0.25, -0.2) is 0 Å². The third-order valence-electron chi connectivity index (χ3n) is 3.38. The quantitative estimate of drug-likeness (QED) is 0.851. The Bertz CT molecular complexity index is 362. The van der Waals surface area contributed by atoms with Gasteiger partial charge in [0.1, 0.15) is 11.9 Å². The highest BCUT2D eigenvalue weighted by Gasteiger charge is 2.24. The Morgan fingerprint density at radius 2 is 1.76 bits per heavy atom. The van der Waals surface area contributed by atoms with E-state index in [1.165, 1.54) is 5.56 Å². The fourth-order valence-corrected chi connectivity index (χ4v) is 2.25. The van der Waals surface area contributed by atoms with Crippen LogP contribution in [0.25, 0.3) is 0 Å². The van der Waals surface area contributed by atoms with E-state index in [4.69, 9.17) is 4.74 Å². The minimum Gasteiger partial charge on any atom is -0.490 e. The van der Waals surface area contributed by atoms with Crippen LogP contribution in [0.4, 0.5) is 0 Å². The van der Waals surface area contributed by atoms with E-state index in [1.54, 1.807) is 0 Å². The maximum atomic E-state index is 9.45. The van der Waals surface area contributed by atoms with Gasteiger partial charge in [-0.15, -0.1) is 0 Å². The zero-order valence-corrected chi connectivity index (χ0v) is 10.9. The number of aliphatic hydroxyl groups excluding tert-OH is 1. The molecule has 1 aliphatic rings. The van der Waals surface area contributed by atoms with Gasteiger partial charge in [0.05, 0.1) is 6.10 Å². The average molecular weight is 234 g/mol. The van der Waals surface area contributed by atoms with Crippen molar-refractivity contribution in [3.8, 4) is 5.75 Å². The zero-order chi connectivity index (χ0) is 12.5. The largest absolute Gasteiger partial charge is 0.490 e. The van der Waals surface area contributed by atoms with E-state index in [2.05, 4.69) is 32.9 Å². The molecule has 0 saturated heterocycles. The Kier molecular flexibility index (Phi) is 3.43. The highest BCUT2D eigenvalue weighted by molar-refractivity contribution is 5.31. The molecule has 0 heterocycles. The molecule has 2 unspecified atom stereocenters. The maximum Gasteiger partial charge on any atom is 0.119 e. The molecule has 17 heavy (non-hydrogen) atoms. The Hall–Kier alpha value is -1.02. The molecule has 0 spiro atoms. The Morgan fingerprint density at radius 1 is 1.12 bits per heavy atom. The highest BCUT2D eigenvalue weighted by atomic mass is 16.5. The number of ether oxygens (including phenoxy) is 1. The van der Waals surface area contributed by atoms with Crippen molar-refractivity contribution < 1.29 is 9.84 Å². The zero-order valence-electron chi connectivity index (χ0n) is 10.9. The summed E-state index contributed by atoms with van der Waals surface area (Å²) >= 11 is 0. The van der Waals surface area contributed by atoms with Crippen LogP contribution in [0.5, 0.6) is 5.75 Å².